The fourth-order valence-corrected chi connectivity index (χ4v) is 3.69. The number of H-pyrrole nitrogens is 1. The van der Waals surface area contributed by atoms with Crippen LogP contribution in [0.3, 0.4) is 0 Å². The number of aryl methyl sites for hydroxylation is 1. The third kappa shape index (κ3) is 3.50. The summed E-state index contributed by atoms with van der Waals surface area (Å²) in [6.45, 7) is 7.31. The van der Waals surface area contributed by atoms with Crippen LogP contribution in [0, 0.1) is 0 Å². The summed E-state index contributed by atoms with van der Waals surface area (Å²) in [5, 5.41) is 3.13. The molecule has 8 nitrogen and oxygen atoms in total. The summed E-state index contributed by atoms with van der Waals surface area (Å²) < 4.78 is 2.86. The minimum absolute atomic E-state index is 0.0113. The van der Waals surface area contributed by atoms with Gasteiger partial charge in [0, 0.05) is 61.6 Å². The van der Waals surface area contributed by atoms with E-state index in [0.29, 0.717) is 30.0 Å². The van der Waals surface area contributed by atoms with Crippen molar-refractivity contribution in [2.45, 2.75) is 38.5 Å². The SMILES string of the molecule is Cn1cc(C(=O)N2CCC(c3cc(=O)n4[nH]c(C(C)(C)C)cc4n3)C2)ccc1=O. The molecule has 3 aromatic heterocycles. The van der Waals surface area contributed by atoms with Crippen LogP contribution in [-0.4, -0.2) is 43.1 Å². The lowest BCUT2D eigenvalue weighted by atomic mass is 9.93. The average molecular weight is 395 g/mol. The van der Waals surface area contributed by atoms with Gasteiger partial charge in [-0.25, -0.2) is 9.50 Å². The van der Waals surface area contributed by atoms with Crippen molar-refractivity contribution < 1.29 is 4.79 Å². The van der Waals surface area contributed by atoms with Gasteiger partial charge in [0.05, 0.1) is 11.3 Å². The standard InChI is InChI=1S/C21H25N5O3/c1-21(2,3)16-10-17-22-15(9-19(28)26(17)23-16)13-7-8-25(12-13)20(29)14-5-6-18(27)24(4)11-14/h5-6,9-11,13,23H,7-8,12H2,1-4H3. The predicted molar refractivity (Wildman–Crippen MR) is 109 cm³/mol. The highest BCUT2D eigenvalue weighted by Crippen LogP contribution is 2.27. The lowest BCUT2D eigenvalue weighted by molar-refractivity contribution is 0.0789. The van der Waals surface area contributed by atoms with E-state index in [1.54, 1.807) is 30.3 Å². The zero-order valence-electron chi connectivity index (χ0n) is 17.1. The van der Waals surface area contributed by atoms with Crippen LogP contribution in [0.4, 0.5) is 0 Å². The molecule has 0 radical (unpaired) electrons. The van der Waals surface area contributed by atoms with E-state index in [1.807, 2.05) is 6.07 Å². The summed E-state index contributed by atoms with van der Waals surface area (Å²) in [7, 11) is 1.63. The lowest BCUT2D eigenvalue weighted by Crippen LogP contribution is -2.30. The first-order valence-corrected chi connectivity index (χ1v) is 9.72. The van der Waals surface area contributed by atoms with Gasteiger partial charge in [-0.1, -0.05) is 20.8 Å². The molecule has 152 valence electrons. The van der Waals surface area contributed by atoms with Gasteiger partial charge in [0.2, 0.25) is 5.56 Å². The Hall–Kier alpha value is -3.16. The first-order valence-electron chi connectivity index (χ1n) is 9.72. The number of aromatic nitrogens is 4. The smallest absolute Gasteiger partial charge is 0.272 e. The normalized spacial score (nSPS) is 17.2. The van der Waals surface area contributed by atoms with E-state index in [2.05, 4.69) is 25.9 Å². The number of nitrogens with one attached hydrogen (secondary N) is 1. The molecule has 1 N–H and O–H groups in total. The third-order valence-electron chi connectivity index (χ3n) is 5.50. The van der Waals surface area contributed by atoms with Gasteiger partial charge in [0.25, 0.3) is 11.5 Å². The molecule has 0 aliphatic carbocycles. The van der Waals surface area contributed by atoms with Crippen molar-refractivity contribution in [3.8, 4) is 0 Å². The monoisotopic (exact) mass is 395 g/mol. The second-order valence-corrected chi connectivity index (χ2v) is 8.74. The Morgan fingerprint density at radius 3 is 2.62 bits per heavy atom. The van der Waals surface area contributed by atoms with Gasteiger partial charge in [-0.2, -0.15) is 0 Å². The van der Waals surface area contributed by atoms with Crippen molar-refractivity contribution in [2.75, 3.05) is 13.1 Å². The van der Waals surface area contributed by atoms with E-state index in [0.717, 1.165) is 12.1 Å². The molecule has 3 aromatic rings. The number of amides is 1. The Kier molecular flexibility index (Phi) is 4.44. The van der Waals surface area contributed by atoms with Crippen LogP contribution in [0.2, 0.25) is 0 Å². The number of fused-ring (bicyclic) bond motifs is 1. The summed E-state index contributed by atoms with van der Waals surface area (Å²) >= 11 is 0. The highest BCUT2D eigenvalue weighted by molar-refractivity contribution is 5.94. The molecule has 0 saturated carbocycles. The van der Waals surface area contributed by atoms with Gasteiger partial charge in [-0.15, -0.1) is 0 Å². The molecule has 29 heavy (non-hydrogen) atoms. The topological polar surface area (TPSA) is 92.5 Å². The molecular weight excluding hydrogens is 370 g/mol. The van der Waals surface area contributed by atoms with Crippen molar-refractivity contribution in [1.29, 1.82) is 0 Å². The van der Waals surface area contributed by atoms with Crippen LogP contribution >= 0.6 is 0 Å². The average Bonchev–Trinajstić information content (AvgIpc) is 3.30. The molecule has 1 saturated heterocycles. The van der Waals surface area contributed by atoms with Crippen molar-refractivity contribution in [3.05, 3.63) is 68.1 Å². The van der Waals surface area contributed by atoms with E-state index in [9.17, 15) is 14.4 Å². The quantitative estimate of drug-likeness (QED) is 0.714. The molecule has 0 aromatic carbocycles. The molecular formula is C21H25N5O3. The maximum atomic E-state index is 12.8. The zero-order chi connectivity index (χ0) is 20.9. The number of nitrogens with zero attached hydrogens (tertiary/aromatic N) is 4. The Morgan fingerprint density at radius 1 is 1.17 bits per heavy atom. The van der Waals surface area contributed by atoms with E-state index in [1.165, 1.54) is 15.1 Å². The summed E-state index contributed by atoms with van der Waals surface area (Å²) in [4.78, 5) is 43.4. The number of carbonyl (C=O) groups excluding carboxylic acids is 1. The molecule has 4 rings (SSSR count). The summed E-state index contributed by atoms with van der Waals surface area (Å²) in [6, 6.07) is 6.42. The molecule has 1 aliphatic heterocycles. The molecule has 0 bridgehead atoms. The Balaban J connectivity index is 1.59. The number of carbonyl (C=O) groups is 1. The van der Waals surface area contributed by atoms with Crippen LogP contribution in [0.1, 0.15) is 54.9 Å². The fraction of sp³-hybridized carbons (Fsp3) is 0.429. The van der Waals surface area contributed by atoms with Crippen LogP contribution in [-0.2, 0) is 12.5 Å². The maximum absolute atomic E-state index is 12.8. The van der Waals surface area contributed by atoms with Crippen LogP contribution in [0.15, 0.2) is 40.1 Å². The van der Waals surface area contributed by atoms with Crippen LogP contribution < -0.4 is 11.1 Å². The number of aromatic amines is 1. The minimum atomic E-state index is -0.153. The van der Waals surface area contributed by atoms with Crippen molar-refractivity contribution >= 4 is 11.6 Å². The van der Waals surface area contributed by atoms with Gasteiger partial charge in [-0.3, -0.25) is 19.5 Å². The minimum Gasteiger partial charge on any atom is -0.338 e. The van der Waals surface area contributed by atoms with Crippen molar-refractivity contribution in [2.24, 2.45) is 7.05 Å². The molecule has 1 amide bonds. The van der Waals surface area contributed by atoms with Gasteiger partial charge in [0.1, 0.15) is 0 Å². The molecule has 8 heteroatoms. The second-order valence-electron chi connectivity index (χ2n) is 8.74. The van der Waals surface area contributed by atoms with E-state index in [-0.39, 0.29) is 28.4 Å². The Labute approximate surface area is 167 Å². The fourth-order valence-electron chi connectivity index (χ4n) is 3.69. The maximum Gasteiger partial charge on any atom is 0.272 e. The van der Waals surface area contributed by atoms with E-state index < -0.39 is 0 Å². The number of likely N-dealkylation sites (tertiary alicyclic amines) is 1. The number of hydrogen-bond acceptors (Lipinski definition) is 4. The van der Waals surface area contributed by atoms with Gasteiger partial charge in [-0.05, 0) is 12.5 Å². The molecule has 1 atom stereocenters. The largest absolute Gasteiger partial charge is 0.338 e. The first kappa shape index (κ1) is 19.2. The van der Waals surface area contributed by atoms with E-state index in [4.69, 9.17) is 4.98 Å². The molecule has 1 unspecified atom stereocenters. The van der Waals surface area contributed by atoms with Gasteiger partial charge >= 0.3 is 0 Å². The second kappa shape index (κ2) is 6.72. The summed E-state index contributed by atoms with van der Waals surface area (Å²) in [6.07, 6.45) is 2.30. The lowest BCUT2D eigenvalue weighted by Gasteiger charge is -2.17. The highest BCUT2D eigenvalue weighted by Gasteiger charge is 2.30. The van der Waals surface area contributed by atoms with Crippen molar-refractivity contribution in [1.82, 2.24) is 24.1 Å². The number of pyridine rings is 1. The highest BCUT2D eigenvalue weighted by atomic mass is 16.2. The van der Waals surface area contributed by atoms with E-state index >= 15 is 0 Å². The Morgan fingerprint density at radius 2 is 1.93 bits per heavy atom. The molecule has 0 spiro atoms. The molecule has 1 aliphatic rings. The zero-order valence-corrected chi connectivity index (χ0v) is 17.1. The van der Waals surface area contributed by atoms with Crippen molar-refractivity contribution in [3.63, 3.8) is 0 Å². The van der Waals surface area contributed by atoms with Crippen LogP contribution in [0.5, 0.6) is 0 Å². The van der Waals surface area contributed by atoms with Gasteiger partial charge < -0.3 is 9.47 Å². The molecule has 1 fully saturated rings. The molecule has 4 heterocycles. The first-order chi connectivity index (χ1) is 13.6. The number of hydrogen-bond donors (Lipinski definition) is 1. The summed E-state index contributed by atoms with van der Waals surface area (Å²) in [5.41, 5.74) is 2.31. The predicted octanol–water partition coefficient (Wildman–Crippen LogP) is 1.65. The third-order valence-corrected chi connectivity index (χ3v) is 5.50. The summed E-state index contributed by atoms with van der Waals surface area (Å²) in [5.74, 6) is -0.102. The number of rotatable bonds is 2. The van der Waals surface area contributed by atoms with Gasteiger partial charge in [0.15, 0.2) is 5.65 Å². The van der Waals surface area contributed by atoms with Crippen LogP contribution in [0.25, 0.3) is 5.65 Å². The Bertz CT molecular complexity index is 1210.